The molecule has 1 aliphatic carbocycles. The molecule has 0 spiro atoms. The predicted molar refractivity (Wildman–Crippen MR) is 94.4 cm³/mol. The first kappa shape index (κ1) is 15.5. The van der Waals surface area contributed by atoms with Gasteiger partial charge in [0.05, 0.1) is 5.69 Å². The number of nitrogens with zero attached hydrogens (tertiary/aromatic N) is 2. The summed E-state index contributed by atoms with van der Waals surface area (Å²) in [5.74, 6) is 0. The number of benzene rings is 1. The lowest BCUT2D eigenvalue weighted by molar-refractivity contribution is 0.191. The van der Waals surface area contributed by atoms with Gasteiger partial charge in [0, 0.05) is 29.0 Å². The van der Waals surface area contributed by atoms with E-state index in [2.05, 4.69) is 28.6 Å². The Morgan fingerprint density at radius 1 is 1.41 bits per heavy atom. The molecule has 0 aliphatic heterocycles. The highest BCUT2D eigenvalue weighted by molar-refractivity contribution is 7.15. The van der Waals surface area contributed by atoms with Gasteiger partial charge in [-0.25, -0.2) is 4.98 Å². The minimum Gasteiger partial charge on any atom is -0.375 e. The monoisotopic (exact) mass is 333 g/mol. The molecule has 0 amide bonds. The summed E-state index contributed by atoms with van der Waals surface area (Å²) in [6.07, 6.45) is 5.15. The Labute approximate surface area is 140 Å². The number of nitrogen functional groups attached to an aromatic ring is 1. The molecule has 0 fully saturated rings. The highest BCUT2D eigenvalue weighted by Crippen LogP contribution is 2.30. The molecule has 0 saturated carbocycles. The molecule has 0 radical (unpaired) electrons. The highest BCUT2D eigenvalue weighted by atomic mass is 35.5. The Bertz CT molecular complexity index is 650. The summed E-state index contributed by atoms with van der Waals surface area (Å²) in [6.45, 7) is 5.71. The van der Waals surface area contributed by atoms with Crippen LogP contribution in [0.5, 0.6) is 0 Å². The number of hydrogen-bond acceptors (Lipinski definition) is 4. The zero-order valence-electron chi connectivity index (χ0n) is 12.5. The second-order valence-corrected chi connectivity index (χ2v) is 7.21. The molecular formula is C17H20ClN3S. The fraction of sp³-hybridized carbons (Fsp3) is 0.353. The zero-order chi connectivity index (χ0) is 15.5. The van der Waals surface area contributed by atoms with E-state index in [1.165, 1.54) is 16.1 Å². The molecule has 116 valence electrons. The van der Waals surface area contributed by atoms with E-state index < -0.39 is 0 Å². The second kappa shape index (κ2) is 6.82. The topological polar surface area (TPSA) is 42.2 Å². The zero-order valence-corrected chi connectivity index (χ0v) is 14.0. The molecule has 0 bridgehead atoms. The maximum atomic E-state index is 5.97. The van der Waals surface area contributed by atoms with E-state index in [0.717, 1.165) is 37.4 Å². The number of anilines is 1. The van der Waals surface area contributed by atoms with Gasteiger partial charge in [0.2, 0.25) is 0 Å². The lowest BCUT2D eigenvalue weighted by Gasteiger charge is -2.33. The fourth-order valence-electron chi connectivity index (χ4n) is 3.02. The molecular weight excluding hydrogens is 314 g/mol. The van der Waals surface area contributed by atoms with Crippen molar-refractivity contribution in [3.63, 3.8) is 0 Å². The molecule has 1 atom stereocenters. The van der Waals surface area contributed by atoms with Crippen LogP contribution >= 0.6 is 22.9 Å². The van der Waals surface area contributed by atoms with Gasteiger partial charge in [0.1, 0.15) is 0 Å². The van der Waals surface area contributed by atoms with Crippen LogP contribution in [0, 0.1) is 0 Å². The van der Waals surface area contributed by atoms with Crippen molar-refractivity contribution in [2.75, 3.05) is 12.3 Å². The van der Waals surface area contributed by atoms with Gasteiger partial charge in [-0.2, -0.15) is 0 Å². The normalized spacial score (nSPS) is 17.5. The van der Waals surface area contributed by atoms with E-state index in [-0.39, 0.29) is 0 Å². The van der Waals surface area contributed by atoms with Gasteiger partial charge in [-0.3, -0.25) is 4.90 Å². The molecule has 5 heteroatoms. The number of rotatable bonds is 5. The summed E-state index contributed by atoms with van der Waals surface area (Å²) in [7, 11) is 0. The average molecular weight is 334 g/mol. The third kappa shape index (κ3) is 3.51. The van der Waals surface area contributed by atoms with E-state index >= 15 is 0 Å². The predicted octanol–water partition coefficient (Wildman–Crippen LogP) is 3.92. The van der Waals surface area contributed by atoms with Crippen molar-refractivity contribution in [3.05, 3.63) is 58.1 Å². The van der Waals surface area contributed by atoms with Crippen molar-refractivity contribution in [2.45, 2.75) is 31.8 Å². The van der Waals surface area contributed by atoms with Gasteiger partial charge in [-0.15, -0.1) is 17.9 Å². The summed E-state index contributed by atoms with van der Waals surface area (Å²) in [6, 6.07) is 8.60. The standard InChI is InChI=1S/C17H20ClN3S/c1-2-9-21(11-12-3-5-13(18)6-4-12)14-7-8-15-16(10-14)22-17(19)20-15/h2-6,14H,1,7-11H2,(H2,19,20). The minimum atomic E-state index is 0.515. The molecule has 0 saturated heterocycles. The Morgan fingerprint density at radius 2 is 2.18 bits per heavy atom. The number of halogens is 1. The Hall–Kier alpha value is -1.36. The molecule has 22 heavy (non-hydrogen) atoms. The van der Waals surface area contributed by atoms with Crippen LogP contribution in [0.3, 0.4) is 0 Å². The number of nitrogens with two attached hydrogens (primary N) is 1. The van der Waals surface area contributed by atoms with Gasteiger partial charge in [0.25, 0.3) is 0 Å². The maximum absolute atomic E-state index is 5.97. The van der Waals surface area contributed by atoms with E-state index in [4.69, 9.17) is 17.3 Å². The van der Waals surface area contributed by atoms with E-state index in [1.54, 1.807) is 11.3 Å². The van der Waals surface area contributed by atoms with Crippen LogP contribution in [0.1, 0.15) is 22.6 Å². The van der Waals surface area contributed by atoms with Gasteiger partial charge < -0.3 is 5.73 Å². The number of hydrogen-bond donors (Lipinski definition) is 1. The van der Waals surface area contributed by atoms with Gasteiger partial charge in [-0.1, -0.05) is 29.8 Å². The number of thiazole rings is 1. The van der Waals surface area contributed by atoms with Crippen LogP contribution < -0.4 is 5.73 Å². The molecule has 1 unspecified atom stereocenters. The number of fused-ring (bicyclic) bond motifs is 1. The highest BCUT2D eigenvalue weighted by Gasteiger charge is 2.26. The van der Waals surface area contributed by atoms with E-state index in [0.29, 0.717) is 11.2 Å². The molecule has 2 aromatic rings. The fourth-order valence-corrected chi connectivity index (χ4v) is 4.10. The summed E-state index contributed by atoms with van der Waals surface area (Å²) in [5, 5.41) is 1.47. The molecule has 3 rings (SSSR count). The smallest absolute Gasteiger partial charge is 0.180 e. The summed E-state index contributed by atoms with van der Waals surface area (Å²) in [5.41, 5.74) is 8.32. The molecule has 1 aliphatic rings. The minimum absolute atomic E-state index is 0.515. The van der Waals surface area contributed by atoms with Gasteiger partial charge in [0.15, 0.2) is 5.13 Å². The van der Waals surface area contributed by atoms with Crippen molar-refractivity contribution in [1.82, 2.24) is 9.88 Å². The summed E-state index contributed by atoms with van der Waals surface area (Å²) in [4.78, 5) is 8.26. The van der Waals surface area contributed by atoms with Crippen molar-refractivity contribution in [1.29, 1.82) is 0 Å². The van der Waals surface area contributed by atoms with Crippen molar-refractivity contribution in [2.24, 2.45) is 0 Å². The Kier molecular flexibility index (Phi) is 4.81. The lowest BCUT2D eigenvalue weighted by atomic mass is 9.95. The van der Waals surface area contributed by atoms with Gasteiger partial charge in [-0.05, 0) is 37.0 Å². The second-order valence-electron chi connectivity index (χ2n) is 5.66. The van der Waals surface area contributed by atoms with E-state index in [1.807, 2.05) is 18.2 Å². The molecule has 2 N–H and O–H groups in total. The van der Waals surface area contributed by atoms with Crippen molar-refractivity contribution >= 4 is 28.1 Å². The molecule has 1 aromatic heterocycles. The van der Waals surface area contributed by atoms with Crippen LogP contribution in [0.4, 0.5) is 5.13 Å². The molecule has 3 nitrogen and oxygen atoms in total. The van der Waals surface area contributed by atoms with Crippen molar-refractivity contribution in [3.8, 4) is 0 Å². The quantitative estimate of drug-likeness (QED) is 0.843. The van der Waals surface area contributed by atoms with Crippen LogP contribution in [0.15, 0.2) is 36.9 Å². The molecule has 1 aromatic carbocycles. The number of aryl methyl sites for hydroxylation is 1. The summed E-state index contributed by atoms with van der Waals surface area (Å²) >= 11 is 7.60. The van der Waals surface area contributed by atoms with E-state index in [9.17, 15) is 0 Å². The third-order valence-corrected chi connectivity index (χ3v) is 5.31. The third-order valence-electron chi connectivity index (χ3n) is 4.11. The Balaban J connectivity index is 1.74. The largest absolute Gasteiger partial charge is 0.375 e. The first-order chi connectivity index (χ1) is 10.7. The number of aromatic nitrogens is 1. The first-order valence-corrected chi connectivity index (χ1v) is 8.68. The average Bonchev–Trinajstić information content (AvgIpc) is 2.88. The first-order valence-electron chi connectivity index (χ1n) is 7.49. The Morgan fingerprint density at radius 3 is 2.91 bits per heavy atom. The van der Waals surface area contributed by atoms with Crippen LogP contribution in [0.2, 0.25) is 5.02 Å². The lowest BCUT2D eigenvalue weighted by Crippen LogP contribution is -2.38. The summed E-state index contributed by atoms with van der Waals surface area (Å²) < 4.78 is 0. The molecule has 1 heterocycles. The van der Waals surface area contributed by atoms with Crippen LogP contribution in [-0.2, 0) is 19.4 Å². The van der Waals surface area contributed by atoms with Crippen molar-refractivity contribution < 1.29 is 0 Å². The van der Waals surface area contributed by atoms with Crippen LogP contribution in [-0.4, -0.2) is 22.5 Å². The SMILES string of the molecule is C=CCN(Cc1ccc(Cl)cc1)C1CCc2nc(N)sc2C1. The maximum Gasteiger partial charge on any atom is 0.180 e. The van der Waals surface area contributed by atoms with Gasteiger partial charge >= 0.3 is 0 Å². The van der Waals surface area contributed by atoms with Crippen LogP contribution in [0.25, 0.3) is 0 Å².